The Kier molecular flexibility index (Phi) is 4.20. The molecule has 25 heavy (non-hydrogen) atoms. The lowest BCUT2D eigenvalue weighted by molar-refractivity contribution is -0.144. The lowest BCUT2D eigenvalue weighted by Gasteiger charge is -2.25. The van der Waals surface area contributed by atoms with Crippen molar-refractivity contribution in [3.8, 4) is 0 Å². The smallest absolute Gasteiger partial charge is 0.342 e. The molecule has 0 aliphatic carbocycles. The Bertz CT molecular complexity index is 864. The first-order chi connectivity index (χ1) is 11.8. The van der Waals surface area contributed by atoms with Gasteiger partial charge in [0.15, 0.2) is 23.3 Å². The minimum Gasteiger partial charge on any atom is -0.511 e. The maximum atomic E-state index is 13.9. The Labute approximate surface area is 138 Å². The van der Waals surface area contributed by atoms with Gasteiger partial charge in [-0.3, -0.25) is 0 Å². The van der Waals surface area contributed by atoms with Gasteiger partial charge in [0.25, 0.3) is 0 Å². The first kappa shape index (κ1) is 16.9. The molecule has 1 N–H and O–H groups in total. The summed E-state index contributed by atoms with van der Waals surface area (Å²) in [6, 6.07) is 7.81. The van der Waals surface area contributed by atoms with Gasteiger partial charge in [-0.2, -0.15) is 0 Å². The first-order valence-electron chi connectivity index (χ1n) is 7.02. The molecular formula is C17H9F5O3. The van der Waals surface area contributed by atoms with Crippen molar-refractivity contribution in [1.29, 1.82) is 0 Å². The van der Waals surface area contributed by atoms with Crippen molar-refractivity contribution in [3.63, 3.8) is 0 Å². The third-order valence-electron chi connectivity index (χ3n) is 3.75. The number of carbonyl (C=O) groups is 1. The summed E-state index contributed by atoms with van der Waals surface area (Å²) in [5.41, 5.74) is -1.25. The quantitative estimate of drug-likeness (QED) is 0.377. The second-order valence-electron chi connectivity index (χ2n) is 5.27. The molecule has 0 radical (unpaired) electrons. The normalized spacial score (nSPS) is 17.6. The number of cyclic esters (lactones) is 1. The van der Waals surface area contributed by atoms with Crippen molar-refractivity contribution in [1.82, 2.24) is 0 Å². The monoisotopic (exact) mass is 356 g/mol. The first-order valence-corrected chi connectivity index (χ1v) is 7.02. The minimum atomic E-state index is -2.31. The van der Waals surface area contributed by atoms with Crippen LogP contribution in [0.4, 0.5) is 22.0 Å². The number of benzene rings is 2. The average Bonchev–Trinajstić information content (AvgIpc) is 2.59. The highest BCUT2D eigenvalue weighted by Gasteiger charge is 2.37. The summed E-state index contributed by atoms with van der Waals surface area (Å²) in [5, 5.41) is 10.1. The fourth-order valence-corrected chi connectivity index (χ4v) is 2.58. The maximum absolute atomic E-state index is 13.9. The standard InChI is InChI=1S/C17H9F5O3/c18-12-11(13(19)15(21)16(22)14(12)20)9-6-8(23)10(17(24)25-9)7-4-2-1-3-5-7/h1-5,9,23H,6H2. The summed E-state index contributed by atoms with van der Waals surface area (Å²) in [5.74, 6) is -12.5. The van der Waals surface area contributed by atoms with Gasteiger partial charge in [0, 0.05) is 6.42 Å². The van der Waals surface area contributed by atoms with Gasteiger partial charge in [-0.1, -0.05) is 30.3 Å². The predicted octanol–water partition coefficient (Wildman–Crippen LogP) is 4.34. The highest BCUT2D eigenvalue weighted by Crippen LogP contribution is 2.38. The molecule has 2 aromatic carbocycles. The summed E-state index contributed by atoms with van der Waals surface area (Å²) < 4.78 is 72.3. The molecule has 0 saturated carbocycles. The topological polar surface area (TPSA) is 46.5 Å². The highest BCUT2D eigenvalue weighted by molar-refractivity contribution is 6.17. The number of halogens is 5. The van der Waals surface area contributed by atoms with Crippen molar-refractivity contribution < 1.29 is 36.6 Å². The number of hydrogen-bond acceptors (Lipinski definition) is 3. The second kappa shape index (κ2) is 6.19. The summed E-state index contributed by atoms with van der Waals surface area (Å²) in [6.45, 7) is 0. The molecule has 1 unspecified atom stereocenters. The lowest BCUT2D eigenvalue weighted by Crippen LogP contribution is -2.23. The Morgan fingerprint density at radius 3 is 1.92 bits per heavy atom. The Hall–Kier alpha value is -2.90. The summed E-state index contributed by atoms with van der Waals surface area (Å²) in [4.78, 5) is 12.1. The minimum absolute atomic E-state index is 0.235. The zero-order valence-electron chi connectivity index (χ0n) is 12.3. The molecule has 130 valence electrons. The molecule has 1 aliphatic rings. The van der Waals surface area contributed by atoms with Crippen LogP contribution in [0.5, 0.6) is 0 Å². The van der Waals surface area contributed by atoms with Crippen LogP contribution < -0.4 is 0 Å². The fourth-order valence-electron chi connectivity index (χ4n) is 2.58. The van der Waals surface area contributed by atoms with Gasteiger partial charge < -0.3 is 9.84 Å². The summed E-state index contributed by atoms with van der Waals surface area (Å²) >= 11 is 0. The SMILES string of the molecule is O=C1OC(c2c(F)c(F)c(F)c(F)c2F)CC(O)=C1c1ccccc1. The maximum Gasteiger partial charge on any atom is 0.342 e. The van der Waals surface area contributed by atoms with Crippen molar-refractivity contribution in [3.05, 3.63) is 76.3 Å². The van der Waals surface area contributed by atoms with E-state index in [1.54, 1.807) is 18.2 Å². The fraction of sp³-hybridized carbons (Fsp3) is 0.118. The van der Waals surface area contributed by atoms with Crippen LogP contribution >= 0.6 is 0 Å². The van der Waals surface area contributed by atoms with Crippen molar-refractivity contribution >= 4 is 11.5 Å². The van der Waals surface area contributed by atoms with Crippen LogP contribution in [0.1, 0.15) is 23.7 Å². The van der Waals surface area contributed by atoms with E-state index in [9.17, 15) is 31.9 Å². The Morgan fingerprint density at radius 1 is 0.880 bits per heavy atom. The molecule has 3 rings (SSSR count). The van der Waals surface area contributed by atoms with Gasteiger partial charge in [0.2, 0.25) is 5.82 Å². The molecule has 0 spiro atoms. The zero-order valence-corrected chi connectivity index (χ0v) is 12.3. The molecule has 8 heteroatoms. The highest BCUT2D eigenvalue weighted by atomic mass is 19.2. The molecule has 3 nitrogen and oxygen atoms in total. The van der Waals surface area contributed by atoms with E-state index in [1.807, 2.05) is 0 Å². The van der Waals surface area contributed by atoms with Gasteiger partial charge in [-0.15, -0.1) is 0 Å². The number of aliphatic hydroxyl groups excluding tert-OH is 1. The van der Waals surface area contributed by atoms with Crippen LogP contribution in [-0.4, -0.2) is 11.1 Å². The number of carbonyl (C=O) groups excluding carboxylic acids is 1. The van der Waals surface area contributed by atoms with Gasteiger partial charge in [-0.25, -0.2) is 26.7 Å². The average molecular weight is 356 g/mol. The van der Waals surface area contributed by atoms with E-state index >= 15 is 0 Å². The molecule has 0 saturated heterocycles. The van der Waals surface area contributed by atoms with Gasteiger partial charge in [0.1, 0.15) is 17.4 Å². The third-order valence-corrected chi connectivity index (χ3v) is 3.75. The Morgan fingerprint density at radius 2 is 1.40 bits per heavy atom. The predicted molar refractivity (Wildman–Crippen MR) is 75.7 cm³/mol. The van der Waals surface area contributed by atoms with E-state index in [0.29, 0.717) is 5.56 Å². The largest absolute Gasteiger partial charge is 0.511 e. The molecule has 0 bridgehead atoms. The summed E-state index contributed by atoms with van der Waals surface area (Å²) in [7, 11) is 0. The molecule has 1 heterocycles. The van der Waals surface area contributed by atoms with E-state index in [4.69, 9.17) is 4.74 Å². The number of ether oxygens (including phenoxy) is 1. The van der Waals surface area contributed by atoms with Gasteiger partial charge in [-0.05, 0) is 5.56 Å². The zero-order chi connectivity index (χ0) is 18.3. The van der Waals surface area contributed by atoms with Gasteiger partial charge in [0.05, 0.1) is 5.56 Å². The molecule has 1 atom stereocenters. The van der Waals surface area contributed by atoms with Crippen molar-refractivity contribution in [2.45, 2.75) is 12.5 Å². The van der Waals surface area contributed by atoms with Crippen LogP contribution in [0, 0.1) is 29.1 Å². The van der Waals surface area contributed by atoms with Crippen LogP contribution in [0.15, 0.2) is 36.1 Å². The number of hydrogen-bond donors (Lipinski definition) is 1. The van der Waals surface area contributed by atoms with Crippen molar-refractivity contribution in [2.75, 3.05) is 0 Å². The molecule has 0 amide bonds. The molecule has 0 fully saturated rings. The van der Waals surface area contributed by atoms with Crippen molar-refractivity contribution in [2.24, 2.45) is 0 Å². The van der Waals surface area contributed by atoms with E-state index < -0.39 is 58.9 Å². The molecular weight excluding hydrogens is 347 g/mol. The third kappa shape index (κ3) is 2.73. The molecule has 1 aliphatic heterocycles. The van der Waals surface area contributed by atoms with Crippen LogP contribution in [-0.2, 0) is 9.53 Å². The van der Waals surface area contributed by atoms with Crippen LogP contribution in [0.3, 0.4) is 0 Å². The lowest BCUT2D eigenvalue weighted by atomic mass is 9.95. The summed E-state index contributed by atoms with van der Waals surface area (Å²) in [6.07, 6.45) is -2.47. The second-order valence-corrected chi connectivity index (χ2v) is 5.27. The van der Waals surface area contributed by atoms with Crippen LogP contribution in [0.25, 0.3) is 5.57 Å². The van der Waals surface area contributed by atoms with Crippen LogP contribution in [0.2, 0.25) is 0 Å². The van der Waals surface area contributed by atoms with E-state index in [0.717, 1.165) is 0 Å². The molecule has 0 aromatic heterocycles. The number of aliphatic hydroxyl groups is 1. The van der Waals surface area contributed by atoms with E-state index in [1.165, 1.54) is 12.1 Å². The molecule has 2 aromatic rings. The number of esters is 1. The van der Waals surface area contributed by atoms with E-state index in [-0.39, 0.29) is 5.57 Å². The van der Waals surface area contributed by atoms with E-state index in [2.05, 4.69) is 0 Å². The Balaban J connectivity index is 2.07. The number of rotatable bonds is 2. The van der Waals surface area contributed by atoms with Gasteiger partial charge >= 0.3 is 5.97 Å².